The number of imide groups is 1. The van der Waals surface area contributed by atoms with Crippen LogP contribution in [0.5, 0.6) is 0 Å². The summed E-state index contributed by atoms with van der Waals surface area (Å²) in [5, 5.41) is -0.155. The Kier molecular flexibility index (Phi) is 4.39. The van der Waals surface area contributed by atoms with Crippen molar-refractivity contribution in [3.63, 3.8) is 0 Å². The lowest BCUT2D eigenvalue weighted by Crippen LogP contribution is -2.27. The molecule has 1 aliphatic heterocycles. The van der Waals surface area contributed by atoms with Gasteiger partial charge in [0.1, 0.15) is 0 Å². The smallest absolute Gasteiger partial charge is 0.273 e. The van der Waals surface area contributed by atoms with Crippen LogP contribution in [0.15, 0.2) is 54.6 Å². The number of hydrogen-bond donors (Lipinski definition) is 0. The molecule has 2 aromatic carbocycles. The SMILES string of the molecule is O=C1CSC(=O)N1Cc1ccc(/C=C/c2ccccc2)cc1. The molecule has 0 unspecified atom stereocenters. The van der Waals surface area contributed by atoms with Gasteiger partial charge in [0, 0.05) is 0 Å². The van der Waals surface area contributed by atoms with E-state index in [2.05, 4.69) is 6.08 Å². The van der Waals surface area contributed by atoms with Crippen LogP contribution in [0, 0.1) is 0 Å². The summed E-state index contributed by atoms with van der Waals surface area (Å²) in [6, 6.07) is 18.0. The van der Waals surface area contributed by atoms with E-state index in [0.29, 0.717) is 6.54 Å². The van der Waals surface area contributed by atoms with Gasteiger partial charge in [0.25, 0.3) is 5.24 Å². The minimum Gasteiger partial charge on any atom is -0.273 e. The molecule has 0 aromatic heterocycles. The van der Waals surface area contributed by atoms with Crippen molar-refractivity contribution in [1.29, 1.82) is 0 Å². The first-order chi connectivity index (χ1) is 10.7. The van der Waals surface area contributed by atoms with Crippen LogP contribution in [-0.2, 0) is 11.3 Å². The summed E-state index contributed by atoms with van der Waals surface area (Å²) in [6.07, 6.45) is 4.10. The Bertz CT molecular complexity index is 692. The summed E-state index contributed by atoms with van der Waals surface area (Å²) in [5.41, 5.74) is 3.19. The van der Waals surface area contributed by atoms with Crippen molar-refractivity contribution in [2.45, 2.75) is 6.54 Å². The van der Waals surface area contributed by atoms with Crippen molar-refractivity contribution >= 4 is 35.1 Å². The Balaban J connectivity index is 1.67. The van der Waals surface area contributed by atoms with Gasteiger partial charge in [-0.2, -0.15) is 0 Å². The average molecular weight is 309 g/mol. The number of thioether (sulfide) groups is 1. The molecule has 0 atom stereocenters. The molecule has 3 nitrogen and oxygen atoms in total. The highest BCUT2D eigenvalue weighted by molar-refractivity contribution is 8.14. The van der Waals surface area contributed by atoms with E-state index in [4.69, 9.17) is 0 Å². The number of rotatable bonds is 4. The van der Waals surface area contributed by atoms with Gasteiger partial charge in [-0.3, -0.25) is 14.5 Å². The normalized spacial score (nSPS) is 15.0. The quantitative estimate of drug-likeness (QED) is 0.800. The van der Waals surface area contributed by atoms with Gasteiger partial charge >= 0.3 is 0 Å². The molecule has 4 heteroatoms. The molecule has 1 fully saturated rings. The first-order valence-corrected chi connectivity index (χ1v) is 8.00. The first-order valence-electron chi connectivity index (χ1n) is 7.01. The second kappa shape index (κ2) is 6.62. The van der Waals surface area contributed by atoms with Crippen molar-refractivity contribution < 1.29 is 9.59 Å². The molecule has 0 saturated carbocycles. The minimum atomic E-state index is -0.155. The van der Waals surface area contributed by atoms with Gasteiger partial charge in [-0.1, -0.05) is 78.5 Å². The molecule has 0 bridgehead atoms. The van der Waals surface area contributed by atoms with Gasteiger partial charge in [0.05, 0.1) is 12.3 Å². The van der Waals surface area contributed by atoms with Crippen LogP contribution in [0.4, 0.5) is 4.79 Å². The molecule has 3 rings (SSSR count). The molecule has 0 radical (unpaired) electrons. The molecule has 0 spiro atoms. The van der Waals surface area contributed by atoms with Crippen LogP contribution in [-0.4, -0.2) is 21.8 Å². The maximum absolute atomic E-state index is 11.6. The van der Waals surface area contributed by atoms with Crippen molar-refractivity contribution in [1.82, 2.24) is 4.90 Å². The van der Waals surface area contributed by atoms with Gasteiger partial charge in [-0.25, -0.2) is 0 Å². The highest BCUT2D eigenvalue weighted by Gasteiger charge is 2.29. The summed E-state index contributed by atoms with van der Waals surface area (Å²) >= 11 is 1.07. The van der Waals surface area contributed by atoms with Gasteiger partial charge < -0.3 is 0 Å². The Morgan fingerprint density at radius 2 is 1.55 bits per heavy atom. The Hall–Kier alpha value is -2.33. The number of amides is 2. The molecule has 0 aliphatic carbocycles. The van der Waals surface area contributed by atoms with E-state index in [-0.39, 0.29) is 16.9 Å². The van der Waals surface area contributed by atoms with E-state index < -0.39 is 0 Å². The van der Waals surface area contributed by atoms with Crippen LogP contribution in [0.1, 0.15) is 16.7 Å². The summed E-state index contributed by atoms with van der Waals surface area (Å²) < 4.78 is 0. The number of carbonyl (C=O) groups excluding carboxylic acids is 2. The van der Waals surface area contributed by atoms with E-state index in [1.54, 1.807) is 0 Å². The zero-order valence-electron chi connectivity index (χ0n) is 11.9. The zero-order valence-corrected chi connectivity index (χ0v) is 12.8. The summed E-state index contributed by atoms with van der Waals surface area (Å²) in [5.74, 6) is 0.152. The third-order valence-corrected chi connectivity index (χ3v) is 4.29. The third-order valence-electron chi connectivity index (χ3n) is 3.43. The largest absolute Gasteiger partial charge is 0.289 e. The summed E-state index contributed by atoms with van der Waals surface area (Å²) in [4.78, 5) is 24.5. The number of benzene rings is 2. The monoisotopic (exact) mass is 309 g/mol. The topological polar surface area (TPSA) is 37.4 Å². The zero-order chi connectivity index (χ0) is 15.4. The van der Waals surface area contributed by atoms with Gasteiger partial charge in [-0.15, -0.1) is 0 Å². The van der Waals surface area contributed by atoms with Crippen molar-refractivity contribution in [3.05, 3.63) is 71.3 Å². The molecular weight excluding hydrogens is 294 g/mol. The number of carbonyl (C=O) groups is 2. The fourth-order valence-corrected chi connectivity index (χ4v) is 2.93. The van der Waals surface area contributed by atoms with E-state index in [1.165, 1.54) is 4.90 Å². The highest BCUT2D eigenvalue weighted by atomic mass is 32.2. The number of nitrogens with zero attached hydrogens (tertiary/aromatic N) is 1. The Morgan fingerprint density at radius 3 is 2.14 bits per heavy atom. The molecule has 2 aromatic rings. The first kappa shape index (κ1) is 14.6. The molecule has 1 heterocycles. The van der Waals surface area contributed by atoms with Crippen LogP contribution < -0.4 is 0 Å². The van der Waals surface area contributed by atoms with Crippen molar-refractivity contribution in [3.8, 4) is 0 Å². The molecule has 1 saturated heterocycles. The Morgan fingerprint density at radius 1 is 0.909 bits per heavy atom. The van der Waals surface area contributed by atoms with Crippen LogP contribution in [0.3, 0.4) is 0 Å². The fraction of sp³-hybridized carbons (Fsp3) is 0.111. The Labute approximate surface area is 133 Å². The predicted molar refractivity (Wildman–Crippen MR) is 90.2 cm³/mol. The van der Waals surface area contributed by atoms with Crippen molar-refractivity contribution in [2.24, 2.45) is 0 Å². The van der Waals surface area contributed by atoms with E-state index in [0.717, 1.165) is 28.5 Å². The predicted octanol–water partition coefficient (Wildman–Crippen LogP) is 4.05. The number of hydrogen-bond acceptors (Lipinski definition) is 3. The summed E-state index contributed by atoms with van der Waals surface area (Å²) in [6.45, 7) is 0.355. The van der Waals surface area contributed by atoms with Gasteiger partial charge in [-0.05, 0) is 16.7 Å². The minimum absolute atomic E-state index is 0.108. The third kappa shape index (κ3) is 3.46. The van der Waals surface area contributed by atoms with Crippen LogP contribution in [0.25, 0.3) is 12.2 Å². The molecule has 1 aliphatic rings. The molecule has 110 valence electrons. The van der Waals surface area contributed by atoms with Crippen LogP contribution >= 0.6 is 11.8 Å². The average Bonchev–Trinajstić information content (AvgIpc) is 2.87. The van der Waals surface area contributed by atoms with Gasteiger partial charge in [0.2, 0.25) is 5.91 Å². The van der Waals surface area contributed by atoms with E-state index in [1.807, 2.05) is 60.7 Å². The summed E-state index contributed by atoms with van der Waals surface area (Å²) in [7, 11) is 0. The fourth-order valence-electron chi connectivity index (χ4n) is 2.21. The standard InChI is InChI=1S/C18H15NO2S/c20-17-13-22-18(21)19(17)12-16-10-8-15(9-11-16)7-6-14-4-2-1-3-5-14/h1-11H,12-13H2/b7-6+. The molecule has 2 amide bonds. The second-order valence-corrected chi connectivity index (χ2v) is 5.95. The second-order valence-electron chi connectivity index (χ2n) is 5.02. The molecular formula is C18H15NO2S. The lowest BCUT2D eigenvalue weighted by atomic mass is 10.1. The molecule has 0 N–H and O–H groups in total. The lowest BCUT2D eigenvalue weighted by molar-refractivity contribution is -0.125. The maximum atomic E-state index is 11.6. The lowest BCUT2D eigenvalue weighted by Gasteiger charge is -2.12. The highest BCUT2D eigenvalue weighted by Crippen LogP contribution is 2.21. The van der Waals surface area contributed by atoms with Crippen molar-refractivity contribution in [2.75, 3.05) is 5.75 Å². The van der Waals surface area contributed by atoms with E-state index >= 15 is 0 Å². The van der Waals surface area contributed by atoms with Crippen LogP contribution in [0.2, 0.25) is 0 Å². The molecule has 22 heavy (non-hydrogen) atoms. The van der Waals surface area contributed by atoms with Gasteiger partial charge in [0.15, 0.2) is 0 Å². The maximum Gasteiger partial charge on any atom is 0.289 e. The van der Waals surface area contributed by atoms with E-state index in [9.17, 15) is 9.59 Å².